The first-order chi connectivity index (χ1) is 13.0. The van der Waals surface area contributed by atoms with Crippen molar-refractivity contribution in [3.63, 3.8) is 0 Å². The Balaban J connectivity index is 1.43. The van der Waals surface area contributed by atoms with Gasteiger partial charge in [-0.2, -0.15) is 0 Å². The molecule has 0 bridgehead atoms. The van der Waals surface area contributed by atoms with Crippen LogP contribution in [0.25, 0.3) is 5.57 Å². The molecule has 2 amide bonds. The lowest BCUT2D eigenvalue weighted by Gasteiger charge is -2.12. The lowest BCUT2D eigenvalue weighted by atomic mass is 10.0. The van der Waals surface area contributed by atoms with Crippen molar-refractivity contribution in [1.29, 1.82) is 0 Å². The highest BCUT2D eigenvalue weighted by atomic mass is 16.5. The fraction of sp³-hybridized carbons (Fsp3) is 0.524. The van der Waals surface area contributed by atoms with Crippen LogP contribution in [0.2, 0.25) is 0 Å². The number of hydrogen-bond acceptors (Lipinski definition) is 4. The van der Waals surface area contributed by atoms with Crippen molar-refractivity contribution in [2.75, 3.05) is 19.7 Å². The van der Waals surface area contributed by atoms with Gasteiger partial charge in [0.05, 0.1) is 24.7 Å². The average Bonchev–Trinajstić information content (AvgIpc) is 3.36. The zero-order chi connectivity index (χ0) is 19.2. The van der Waals surface area contributed by atoms with Crippen molar-refractivity contribution in [3.8, 4) is 0 Å². The van der Waals surface area contributed by atoms with Gasteiger partial charge in [-0.15, -0.1) is 0 Å². The molecule has 27 heavy (non-hydrogen) atoms. The van der Waals surface area contributed by atoms with Gasteiger partial charge in [-0.1, -0.05) is 18.2 Å². The molecule has 0 saturated carbocycles. The topological polar surface area (TPSA) is 87.7 Å². The van der Waals surface area contributed by atoms with Crippen LogP contribution >= 0.6 is 0 Å². The van der Waals surface area contributed by atoms with Gasteiger partial charge < -0.3 is 20.5 Å². The molecule has 146 valence electrons. The fourth-order valence-corrected chi connectivity index (χ4v) is 3.50. The highest BCUT2D eigenvalue weighted by molar-refractivity contribution is 5.94. The van der Waals surface area contributed by atoms with E-state index in [-0.39, 0.29) is 30.4 Å². The second-order valence-electron chi connectivity index (χ2n) is 7.39. The first kappa shape index (κ1) is 19.6. The monoisotopic (exact) mass is 372 g/mol. The van der Waals surface area contributed by atoms with E-state index in [2.05, 4.69) is 16.7 Å². The summed E-state index contributed by atoms with van der Waals surface area (Å²) in [6.45, 7) is 2.59. The van der Waals surface area contributed by atoms with Gasteiger partial charge in [0.25, 0.3) is 5.91 Å². The van der Waals surface area contributed by atoms with Crippen molar-refractivity contribution >= 4 is 17.4 Å². The van der Waals surface area contributed by atoms with Crippen LogP contribution in [-0.4, -0.2) is 48.8 Å². The zero-order valence-corrected chi connectivity index (χ0v) is 15.7. The third kappa shape index (κ3) is 5.40. The molecule has 1 unspecified atom stereocenters. The number of hydrogen-bond donors (Lipinski definition) is 3. The van der Waals surface area contributed by atoms with Crippen molar-refractivity contribution in [1.82, 2.24) is 10.6 Å². The summed E-state index contributed by atoms with van der Waals surface area (Å²) in [6, 6.07) is 7.71. The maximum Gasteiger partial charge on any atom is 0.251 e. The average molecular weight is 372 g/mol. The van der Waals surface area contributed by atoms with Gasteiger partial charge in [0.2, 0.25) is 5.91 Å². The minimum absolute atomic E-state index is 0.110. The van der Waals surface area contributed by atoms with E-state index in [0.717, 1.165) is 12.8 Å². The summed E-state index contributed by atoms with van der Waals surface area (Å²) in [5.74, 6) is -0.473. The second kappa shape index (κ2) is 9.15. The molecule has 6 heteroatoms. The largest absolute Gasteiger partial charge is 0.392 e. The SMILES string of the molecule is CC(O)CNC(=O)[C@@H]1CO[C@H](CNC(=O)c2ccc(C3=CCCC3)cc2)C1. The highest BCUT2D eigenvalue weighted by Crippen LogP contribution is 2.27. The van der Waals surface area contributed by atoms with E-state index in [4.69, 9.17) is 4.74 Å². The number of aliphatic hydroxyl groups is 1. The van der Waals surface area contributed by atoms with E-state index in [1.54, 1.807) is 6.92 Å². The number of amides is 2. The Morgan fingerprint density at radius 2 is 2.04 bits per heavy atom. The Morgan fingerprint density at radius 3 is 2.70 bits per heavy atom. The molecule has 1 saturated heterocycles. The summed E-state index contributed by atoms with van der Waals surface area (Å²) >= 11 is 0. The smallest absolute Gasteiger partial charge is 0.251 e. The van der Waals surface area contributed by atoms with Gasteiger partial charge in [0.1, 0.15) is 0 Å². The molecule has 6 nitrogen and oxygen atoms in total. The van der Waals surface area contributed by atoms with Crippen LogP contribution in [0.5, 0.6) is 0 Å². The predicted molar refractivity (Wildman–Crippen MR) is 103 cm³/mol. The molecular weight excluding hydrogens is 344 g/mol. The summed E-state index contributed by atoms with van der Waals surface area (Å²) in [7, 11) is 0. The van der Waals surface area contributed by atoms with E-state index in [1.807, 2.05) is 24.3 Å². The van der Waals surface area contributed by atoms with Crippen LogP contribution in [0.15, 0.2) is 30.3 Å². The Labute approximate surface area is 160 Å². The molecule has 1 aliphatic carbocycles. The third-order valence-corrected chi connectivity index (χ3v) is 5.07. The van der Waals surface area contributed by atoms with Crippen molar-refractivity contribution < 1.29 is 19.4 Å². The van der Waals surface area contributed by atoms with Gasteiger partial charge in [-0.25, -0.2) is 0 Å². The van der Waals surface area contributed by atoms with E-state index >= 15 is 0 Å². The van der Waals surface area contributed by atoms with E-state index in [1.165, 1.54) is 17.6 Å². The van der Waals surface area contributed by atoms with Crippen LogP contribution in [0.1, 0.15) is 48.5 Å². The van der Waals surface area contributed by atoms with Crippen molar-refractivity contribution in [2.24, 2.45) is 5.92 Å². The van der Waals surface area contributed by atoms with Gasteiger partial charge in [-0.3, -0.25) is 9.59 Å². The summed E-state index contributed by atoms with van der Waals surface area (Å²) in [5, 5.41) is 14.8. The molecule has 1 heterocycles. The van der Waals surface area contributed by atoms with Crippen LogP contribution in [0.4, 0.5) is 0 Å². The minimum atomic E-state index is -0.567. The van der Waals surface area contributed by atoms with Crippen molar-refractivity contribution in [2.45, 2.75) is 44.8 Å². The molecule has 0 radical (unpaired) electrons. The molecule has 3 rings (SSSR count). The quantitative estimate of drug-likeness (QED) is 0.682. The molecule has 3 atom stereocenters. The maximum atomic E-state index is 12.3. The van der Waals surface area contributed by atoms with Crippen LogP contribution < -0.4 is 10.6 Å². The summed E-state index contributed by atoms with van der Waals surface area (Å²) in [6.07, 6.45) is 5.55. The standard InChI is InChI=1S/C21H28N2O4/c1-14(24)11-22-21(26)18-10-19(27-13-18)12-23-20(25)17-8-6-16(7-9-17)15-4-2-3-5-15/h4,6-9,14,18-19,24H,2-3,5,10-13H2,1H3,(H,22,26)(H,23,25)/t14?,18-,19-/m0/s1. The normalized spacial score (nSPS) is 23.0. The number of benzene rings is 1. The molecule has 0 aromatic heterocycles. The van der Waals surface area contributed by atoms with Crippen LogP contribution in [-0.2, 0) is 9.53 Å². The van der Waals surface area contributed by atoms with Gasteiger partial charge >= 0.3 is 0 Å². The number of nitrogens with one attached hydrogen (secondary N) is 2. The zero-order valence-electron chi connectivity index (χ0n) is 15.7. The summed E-state index contributed by atoms with van der Waals surface area (Å²) in [5.41, 5.74) is 3.18. The minimum Gasteiger partial charge on any atom is -0.392 e. The molecule has 0 spiro atoms. The molecule has 1 fully saturated rings. The number of carbonyl (C=O) groups is 2. The second-order valence-corrected chi connectivity index (χ2v) is 7.39. The number of aliphatic hydroxyl groups excluding tert-OH is 1. The number of allylic oxidation sites excluding steroid dienone is 2. The van der Waals surface area contributed by atoms with E-state index in [0.29, 0.717) is 25.1 Å². The molecule has 2 aliphatic rings. The lowest BCUT2D eigenvalue weighted by molar-refractivity contribution is -0.125. The van der Waals surface area contributed by atoms with E-state index < -0.39 is 6.10 Å². The van der Waals surface area contributed by atoms with Gasteiger partial charge in [0.15, 0.2) is 0 Å². The fourth-order valence-electron chi connectivity index (χ4n) is 3.50. The molecule has 1 aliphatic heterocycles. The Kier molecular flexibility index (Phi) is 6.63. The number of ether oxygens (including phenoxy) is 1. The predicted octanol–water partition coefficient (Wildman–Crippen LogP) is 1.89. The van der Waals surface area contributed by atoms with Gasteiger partial charge in [0, 0.05) is 18.7 Å². The molecule has 1 aromatic carbocycles. The lowest BCUT2D eigenvalue weighted by Crippen LogP contribution is -2.36. The Hall–Kier alpha value is -2.18. The molecular formula is C21H28N2O4. The molecule has 1 aromatic rings. The summed E-state index contributed by atoms with van der Waals surface area (Å²) < 4.78 is 5.62. The third-order valence-electron chi connectivity index (χ3n) is 5.07. The van der Waals surface area contributed by atoms with Crippen LogP contribution in [0.3, 0.4) is 0 Å². The number of carbonyl (C=O) groups excluding carboxylic acids is 2. The first-order valence-corrected chi connectivity index (χ1v) is 9.68. The molecule has 3 N–H and O–H groups in total. The Morgan fingerprint density at radius 1 is 1.26 bits per heavy atom. The van der Waals surface area contributed by atoms with Gasteiger partial charge in [-0.05, 0) is 55.9 Å². The summed E-state index contributed by atoms with van der Waals surface area (Å²) in [4.78, 5) is 24.3. The van der Waals surface area contributed by atoms with E-state index in [9.17, 15) is 14.7 Å². The number of rotatable bonds is 7. The first-order valence-electron chi connectivity index (χ1n) is 9.68. The highest BCUT2D eigenvalue weighted by Gasteiger charge is 2.31. The van der Waals surface area contributed by atoms with Crippen LogP contribution in [0, 0.1) is 5.92 Å². The van der Waals surface area contributed by atoms with Crippen molar-refractivity contribution in [3.05, 3.63) is 41.5 Å². The maximum absolute atomic E-state index is 12.3. The Bertz CT molecular complexity index is 697.